The van der Waals surface area contributed by atoms with Crippen LogP contribution < -0.4 is 11.5 Å². The average Bonchev–Trinajstić information content (AvgIpc) is 2.98. The molecular formula is C17H24N4O5. The highest BCUT2D eigenvalue weighted by Crippen LogP contribution is 2.36. The summed E-state index contributed by atoms with van der Waals surface area (Å²) in [5, 5.41) is 48.3. The Labute approximate surface area is 149 Å². The van der Waals surface area contributed by atoms with Gasteiger partial charge >= 0.3 is 0 Å². The van der Waals surface area contributed by atoms with Crippen molar-refractivity contribution >= 4 is 16.7 Å². The van der Waals surface area contributed by atoms with Crippen LogP contribution in [0.5, 0.6) is 0 Å². The van der Waals surface area contributed by atoms with Gasteiger partial charge in [-0.15, -0.1) is 0 Å². The zero-order chi connectivity index (χ0) is 19.0. The Morgan fingerprint density at radius 2 is 1.88 bits per heavy atom. The molecule has 0 amide bonds. The zero-order valence-electron chi connectivity index (χ0n) is 14.0. The Balaban J connectivity index is 2.07. The normalized spacial score (nSPS) is 30.4. The molecule has 0 spiro atoms. The minimum Gasteiger partial charge on any atom is -0.394 e. The van der Waals surface area contributed by atoms with E-state index in [1.807, 2.05) is 24.3 Å². The maximum absolute atomic E-state index is 10.4. The Kier molecular flexibility index (Phi) is 5.28. The highest BCUT2D eigenvalue weighted by atomic mass is 16.5. The monoisotopic (exact) mass is 364 g/mol. The molecule has 1 aliphatic rings. The number of H-pyrrole nitrogens is 1. The lowest BCUT2D eigenvalue weighted by Gasteiger charge is -2.40. The van der Waals surface area contributed by atoms with Crippen LogP contribution in [0.4, 0.5) is 0 Å². The van der Waals surface area contributed by atoms with Crippen LogP contribution >= 0.6 is 0 Å². The van der Waals surface area contributed by atoms with Crippen LogP contribution in [0.3, 0.4) is 0 Å². The van der Waals surface area contributed by atoms with Gasteiger partial charge in [-0.1, -0.05) is 18.2 Å². The van der Waals surface area contributed by atoms with Gasteiger partial charge in [-0.3, -0.25) is 5.41 Å². The molecule has 1 aromatic carbocycles. The Hall–Kier alpha value is -2.01. The zero-order valence-corrected chi connectivity index (χ0v) is 14.0. The third kappa shape index (κ3) is 3.20. The first-order chi connectivity index (χ1) is 12.3. The summed E-state index contributed by atoms with van der Waals surface area (Å²) in [6.07, 6.45) is -6.12. The highest BCUT2D eigenvalue weighted by molar-refractivity contribution is 5.87. The summed E-state index contributed by atoms with van der Waals surface area (Å²) in [5.74, 6) is -0.171. The Bertz CT molecular complexity index is 793. The van der Waals surface area contributed by atoms with Crippen LogP contribution in [-0.2, 0) is 11.2 Å². The molecule has 6 unspecified atom stereocenters. The predicted molar refractivity (Wildman–Crippen MR) is 94.6 cm³/mol. The van der Waals surface area contributed by atoms with Gasteiger partial charge in [-0.2, -0.15) is 0 Å². The molecule has 1 fully saturated rings. The molecule has 142 valence electrons. The molecular weight excluding hydrogens is 340 g/mol. The molecule has 10 N–H and O–H groups in total. The minimum absolute atomic E-state index is 0.171. The molecule has 0 saturated carbocycles. The van der Waals surface area contributed by atoms with Crippen LogP contribution in [0.15, 0.2) is 24.3 Å². The standard InChI is InChI=1S/C17H24N4O5/c18-9(17(19)20)5-8-7-3-1-2-4-10(7)21-12(8)16-15(25)14(24)13(23)11(6-22)26-16/h1-4,9,11,13-16,21-25H,5-6,18H2,(H3,19,20). The number of nitrogens with one attached hydrogen (secondary N) is 2. The second kappa shape index (κ2) is 7.31. The van der Waals surface area contributed by atoms with E-state index in [2.05, 4.69) is 4.98 Å². The fraction of sp³-hybridized carbons (Fsp3) is 0.471. The maximum Gasteiger partial charge on any atom is 0.127 e. The van der Waals surface area contributed by atoms with Crippen molar-refractivity contribution in [3.8, 4) is 0 Å². The second-order valence-corrected chi connectivity index (χ2v) is 6.58. The number of benzene rings is 1. The lowest BCUT2D eigenvalue weighted by molar-refractivity contribution is -0.232. The number of para-hydroxylation sites is 1. The molecule has 6 atom stereocenters. The number of ether oxygens (including phenoxy) is 1. The van der Waals surface area contributed by atoms with E-state index in [9.17, 15) is 20.4 Å². The quantitative estimate of drug-likeness (QED) is 0.234. The summed E-state index contributed by atoms with van der Waals surface area (Å²) in [7, 11) is 0. The van der Waals surface area contributed by atoms with Crippen molar-refractivity contribution in [3.63, 3.8) is 0 Å². The van der Waals surface area contributed by atoms with Gasteiger partial charge in [0.15, 0.2) is 0 Å². The number of fused-ring (bicyclic) bond motifs is 1. The van der Waals surface area contributed by atoms with Crippen LogP contribution in [0.1, 0.15) is 17.4 Å². The van der Waals surface area contributed by atoms with Crippen LogP contribution in [-0.4, -0.2) is 68.3 Å². The van der Waals surface area contributed by atoms with Crippen molar-refractivity contribution < 1.29 is 25.2 Å². The largest absolute Gasteiger partial charge is 0.394 e. The Morgan fingerprint density at radius 1 is 1.19 bits per heavy atom. The number of amidine groups is 1. The number of aliphatic hydroxyl groups is 4. The van der Waals surface area contributed by atoms with Crippen LogP contribution in [0.25, 0.3) is 10.9 Å². The lowest BCUT2D eigenvalue weighted by atomic mass is 9.90. The summed E-state index contributed by atoms with van der Waals surface area (Å²) in [6.45, 7) is -0.510. The number of rotatable bonds is 5. The van der Waals surface area contributed by atoms with Crippen molar-refractivity contribution in [2.24, 2.45) is 11.5 Å². The first kappa shape index (κ1) is 18.8. The van der Waals surface area contributed by atoms with Crippen LogP contribution in [0.2, 0.25) is 0 Å². The third-order valence-electron chi connectivity index (χ3n) is 4.85. The van der Waals surface area contributed by atoms with Gasteiger partial charge in [0.05, 0.1) is 18.3 Å². The van der Waals surface area contributed by atoms with E-state index in [1.165, 1.54) is 0 Å². The van der Waals surface area contributed by atoms with Gasteiger partial charge in [-0.25, -0.2) is 0 Å². The molecule has 0 bridgehead atoms. The minimum atomic E-state index is -1.48. The first-order valence-electron chi connectivity index (χ1n) is 8.34. The van der Waals surface area contributed by atoms with Crippen molar-refractivity contribution in [1.82, 2.24) is 4.98 Å². The van der Waals surface area contributed by atoms with Crippen molar-refractivity contribution in [2.75, 3.05) is 6.61 Å². The van der Waals surface area contributed by atoms with Gasteiger partial charge in [-0.05, 0) is 18.1 Å². The average molecular weight is 364 g/mol. The van der Waals surface area contributed by atoms with E-state index in [-0.39, 0.29) is 12.3 Å². The van der Waals surface area contributed by atoms with Gasteiger partial charge in [0.2, 0.25) is 0 Å². The summed E-state index contributed by atoms with van der Waals surface area (Å²) in [6, 6.07) is 6.66. The summed E-state index contributed by atoms with van der Waals surface area (Å²) < 4.78 is 5.66. The van der Waals surface area contributed by atoms with Crippen molar-refractivity contribution in [1.29, 1.82) is 5.41 Å². The maximum atomic E-state index is 10.4. The molecule has 9 nitrogen and oxygen atoms in total. The molecule has 3 rings (SSSR count). The molecule has 9 heteroatoms. The molecule has 26 heavy (non-hydrogen) atoms. The topological polar surface area (TPSA) is 182 Å². The first-order valence-corrected chi connectivity index (χ1v) is 8.34. The fourth-order valence-corrected chi connectivity index (χ4v) is 3.35. The molecule has 2 aromatic rings. The Morgan fingerprint density at radius 3 is 2.54 bits per heavy atom. The van der Waals surface area contributed by atoms with E-state index < -0.39 is 43.2 Å². The van der Waals surface area contributed by atoms with Gasteiger partial charge in [0, 0.05) is 10.9 Å². The smallest absolute Gasteiger partial charge is 0.127 e. The fourth-order valence-electron chi connectivity index (χ4n) is 3.35. The van der Waals surface area contributed by atoms with E-state index in [0.717, 1.165) is 10.9 Å². The number of nitrogens with two attached hydrogens (primary N) is 2. The van der Waals surface area contributed by atoms with Crippen molar-refractivity contribution in [2.45, 2.75) is 43.0 Å². The molecule has 0 radical (unpaired) electrons. The number of hydrogen-bond donors (Lipinski definition) is 8. The summed E-state index contributed by atoms with van der Waals surface area (Å²) >= 11 is 0. The molecule has 1 aliphatic heterocycles. The second-order valence-electron chi connectivity index (χ2n) is 6.58. The third-order valence-corrected chi connectivity index (χ3v) is 4.85. The molecule has 1 saturated heterocycles. The lowest BCUT2D eigenvalue weighted by Crippen LogP contribution is -2.55. The summed E-state index contributed by atoms with van der Waals surface area (Å²) in [5.41, 5.74) is 13.4. The highest BCUT2D eigenvalue weighted by Gasteiger charge is 2.45. The van der Waals surface area contributed by atoms with Gasteiger partial charge in [0.25, 0.3) is 0 Å². The number of aliphatic hydroxyl groups excluding tert-OH is 4. The van der Waals surface area contributed by atoms with E-state index in [1.54, 1.807) is 0 Å². The van der Waals surface area contributed by atoms with Crippen molar-refractivity contribution in [3.05, 3.63) is 35.5 Å². The molecule has 1 aromatic heterocycles. The van der Waals surface area contributed by atoms with Gasteiger partial charge in [0.1, 0.15) is 36.4 Å². The van der Waals surface area contributed by atoms with E-state index in [0.29, 0.717) is 11.3 Å². The summed E-state index contributed by atoms with van der Waals surface area (Å²) in [4.78, 5) is 3.16. The number of aromatic amines is 1. The van der Waals surface area contributed by atoms with E-state index in [4.69, 9.17) is 21.6 Å². The number of aromatic nitrogens is 1. The van der Waals surface area contributed by atoms with Gasteiger partial charge < -0.3 is 41.6 Å². The molecule has 2 heterocycles. The van der Waals surface area contributed by atoms with Crippen LogP contribution in [0, 0.1) is 5.41 Å². The molecule has 0 aliphatic carbocycles. The van der Waals surface area contributed by atoms with E-state index >= 15 is 0 Å². The predicted octanol–water partition coefficient (Wildman–Crippen LogP) is -1.51. The number of hydrogen-bond acceptors (Lipinski definition) is 7. The SMILES string of the molecule is N=C(N)C(N)Cc1c(C2OC(CO)C(O)C(O)C2O)[nH]c2ccccc12.